The molecular formula is C27H23ClFN5O3. The van der Waals surface area contributed by atoms with Gasteiger partial charge in [0.15, 0.2) is 0 Å². The Morgan fingerprint density at radius 3 is 2.59 bits per heavy atom. The maximum absolute atomic E-state index is 13.4. The third-order valence-corrected chi connectivity index (χ3v) is 6.06. The number of hydrogen-bond acceptors (Lipinski definition) is 5. The molecule has 1 fully saturated rings. The molecule has 1 amide bonds. The van der Waals surface area contributed by atoms with Crippen LogP contribution in [0.15, 0.2) is 82.7 Å². The smallest absolute Gasteiger partial charge is 0.267 e. The lowest BCUT2D eigenvalue weighted by molar-refractivity contribution is 0.0949. The quantitative estimate of drug-likeness (QED) is 0.333. The molecule has 5 rings (SSSR count). The second-order valence-electron chi connectivity index (χ2n) is 8.70. The van der Waals surface area contributed by atoms with E-state index in [2.05, 4.69) is 20.3 Å². The summed E-state index contributed by atoms with van der Waals surface area (Å²) < 4.78 is 20.3. The van der Waals surface area contributed by atoms with E-state index in [1.54, 1.807) is 42.5 Å². The van der Waals surface area contributed by atoms with Crippen molar-refractivity contribution in [2.45, 2.75) is 19.4 Å². The number of rotatable bonds is 8. The Hall–Kier alpha value is -4.24. The van der Waals surface area contributed by atoms with Gasteiger partial charge in [0, 0.05) is 23.8 Å². The molecule has 10 heteroatoms. The molecule has 0 radical (unpaired) electrons. The van der Waals surface area contributed by atoms with Crippen LogP contribution in [-0.4, -0.2) is 27.0 Å². The van der Waals surface area contributed by atoms with Gasteiger partial charge in [-0.25, -0.2) is 4.99 Å². The first-order valence-electron chi connectivity index (χ1n) is 11.7. The molecular weight excluding hydrogens is 497 g/mol. The van der Waals surface area contributed by atoms with Gasteiger partial charge in [-0.2, -0.15) is 9.37 Å². The predicted molar refractivity (Wildman–Crippen MR) is 137 cm³/mol. The third-order valence-electron chi connectivity index (χ3n) is 5.81. The van der Waals surface area contributed by atoms with Gasteiger partial charge < -0.3 is 15.0 Å². The fraction of sp³-hybridized carbons (Fsp3) is 0.185. The van der Waals surface area contributed by atoms with E-state index in [0.717, 1.165) is 18.4 Å². The van der Waals surface area contributed by atoms with Crippen LogP contribution >= 0.6 is 11.6 Å². The summed E-state index contributed by atoms with van der Waals surface area (Å²) in [5.41, 5.74) is 1.17. The SMILES string of the molecule is O=C(NCC1CC1)c1c[nH]/c(=N\c2ccc(Oc3cccc(F)n3)cc2)n(Cc2ccc(Cl)cc2)c1=O. The van der Waals surface area contributed by atoms with E-state index in [4.69, 9.17) is 16.3 Å². The highest BCUT2D eigenvalue weighted by Crippen LogP contribution is 2.27. The molecule has 1 saturated carbocycles. The van der Waals surface area contributed by atoms with Gasteiger partial charge in [0.1, 0.15) is 11.3 Å². The first kappa shape index (κ1) is 24.5. The molecule has 2 N–H and O–H groups in total. The third kappa shape index (κ3) is 6.31. The predicted octanol–water partition coefficient (Wildman–Crippen LogP) is 4.58. The Morgan fingerprint density at radius 1 is 1.14 bits per heavy atom. The van der Waals surface area contributed by atoms with Crippen molar-refractivity contribution >= 4 is 23.2 Å². The van der Waals surface area contributed by atoms with Gasteiger partial charge in [0.2, 0.25) is 17.4 Å². The van der Waals surface area contributed by atoms with Crippen LogP contribution in [-0.2, 0) is 6.54 Å². The van der Waals surface area contributed by atoms with Crippen molar-refractivity contribution in [1.29, 1.82) is 0 Å². The molecule has 0 unspecified atom stereocenters. The van der Waals surface area contributed by atoms with Crippen LogP contribution in [0.3, 0.4) is 0 Å². The number of aromatic nitrogens is 3. The largest absolute Gasteiger partial charge is 0.439 e. The van der Waals surface area contributed by atoms with Crippen molar-refractivity contribution in [2.75, 3.05) is 6.54 Å². The number of halogens is 2. The lowest BCUT2D eigenvalue weighted by Gasteiger charge is -2.10. The van der Waals surface area contributed by atoms with E-state index >= 15 is 0 Å². The van der Waals surface area contributed by atoms with Crippen molar-refractivity contribution in [3.05, 3.63) is 111 Å². The minimum absolute atomic E-state index is 0.0138. The van der Waals surface area contributed by atoms with Crippen LogP contribution < -0.4 is 21.2 Å². The van der Waals surface area contributed by atoms with Gasteiger partial charge in [-0.3, -0.25) is 14.2 Å². The molecule has 0 bridgehead atoms. The normalized spacial score (nSPS) is 13.4. The van der Waals surface area contributed by atoms with Crippen molar-refractivity contribution in [3.63, 3.8) is 0 Å². The average Bonchev–Trinajstić information content (AvgIpc) is 3.72. The fourth-order valence-electron chi connectivity index (χ4n) is 3.62. The van der Waals surface area contributed by atoms with Crippen molar-refractivity contribution < 1.29 is 13.9 Å². The molecule has 37 heavy (non-hydrogen) atoms. The van der Waals surface area contributed by atoms with Gasteiger partial charge >= 0.3 is 0 Å². The Kier molecular flexibility index (Phi) is 7.14. The van der Waals surface area contributed by atoms with Gasteiger partial charge in [-0.05, 0) is 66.8 Å². The number of ether oxygens (including phenoxy) is 1. The minimum Gasteiger partial charge on any atom is -0.439 e. The van der Waals surface area contributed by atoms with Gasteiger partial charge in [0.25, 0.3) is 11.5 Å². The van der Waals surface area contributed by atoms with Crippen LogP contribution in [0.5, 0.6) is 11.6 Å². The first-order chi connectivity index (χ1) is 17.9. The number of amides is 1. The van der Waals surface area contributed by atoms with E-state index in [-0.39, 0.29) is 23.6 Å². The molecule has 1 aliphatic carbocycles. The van der Waals surface area contributed by atoms with Crippen molar-refractivity contribution in [2.24, 2.45) is 10.9 Å². The van der Waals surface area contributed by atoms with E-state index in [0.29, 0.717) is 28.9 Å². The number of hydrogen-bond donors (Lipinski definition) is 2. The molecule has 8 nitrogen and oxygen atoms in total. The Labute approximate surface area is 216 Å². The Balaban J connectivity index is 1.46. The summed E-state index contributed by atoms with van der Waals surface area (Å²) in [5, 5.41) is 3.42. The number of benzene rings is 2. The zero-order valence-electron chi connectivity index (χ0n) is 19.7. The standard InChI is InChI=1S/C27H23ClFN5O3/c28-19-8-6-18(7-9-19)16-34-26(36)22(25(35)30-14-17-4-5-17)15-31-27(34)32-20-10-12-21(13-11-20)37-24-3-1-2-23(29)33-24/h1-3,6-13,15,17H,4-5,14,16H2,(H,30,35)(H,31,32). The van der Waals surface area contributed by atoms with Crippen molar-refractivity contribution in [1.82, 2.24) is 19.9 Å². The summed E-state index contributed by atoms with van der Waals surface area (Å²) in [6.45, 7) is 0.739. The minimum atomic E-state index is -0.636. The Bertz CT molecular complexity index is 1540. The van der Waals surface area contributed by atoms with E-state index in [1.165, 1.54) is 22.9 Å². The van der Waals surface area contributed by atoms with Crippen molar-refractivity contribution in [3.8, 4) is 11.6 Å². The monoisotopic (exact) mass is 519 g/mol. The summed E-state index contributed by atoms with van der Waals surface area (Å²) in [4.78, 5) is 37.3. The lowest BCUT2D eigenvalue weighted by Crippen LogP contribution is -2.41. The summed E-state index contributed by atoms with van der Waals surface area (Å²) in [6, 6.07) is 18.1. The number of H-pyrrole nitrogens is 1. The fourth-order valence-corrected chi connectivity index (χ4v) is 3.75. The highest BCUT2D eigenvalue weighted by atomic mass is 35.5. The highest BCUT2D eigenvalue weighted by Gasteiger charge is 2.23. The second-order valence-corrected chi connectivity index (χ2v) is 9.14. The topological polar surface area (TPSA) is 101 Å². The van der Waals surface area contributed by atoms with Crippen LogP contribution in [0.2, 0.25) is 5.02 Å². The van der Waals surface area contributed by atoms with E-state index in [9.17, 15) is 14.0 Å². The molecule has 0 aliphatic heterocycles. The molecule has 0 saturated heterocycles. The first-order valence-corrected chi connectivity index (χ1v) is 12.1. The molecule has 0 atom stereocenters. The maximum atomic E-state index is 13.4. The molecule has 2 heterocycles. The van der Waals surface area contributed by atoms with Crippen LogP contribution in [0.1, 0.15) is 28.8 Å². The zero-order valence-corrected chi connectivity index (χ0v) is 20.4. The molecule has 2 aromatic carbocycles. The number of nitrogens with zero attached hydrogens (tertiary/aromatic N) is 3. The average molecular weight is 520 g/mol. The second kappa shape index (κ2) is 10.8. The zero-order chi connectivity index (χ0) is 25.8. The summed E-state index contributed by atoms with van der Waals surface area (Å²) >= 11 is 6.01. The number of aromatic amines is 1. The molecule has 2 aromatic heterocycles. The number of carbonyl (C=O) groups excluding carboxylic acids is 1. The van der Waals surface area contributed by atoms with Gasteiger partial charge in [0.05, 0.1) is 12.2 Å². The molecule has 188 valence electrons. The maximum Gasteiger partial charge on any atom is 0.267 e. The molecule has 1 aliphatic rings. The molecule has 0 spiro atoms. The van der Waals surface area contributed by atoms with E-state index < -0.39 is 17.4 Å². The van der Waals surface area contributed by atoms with Crippen LogP contribution in [0, 0.1) is 11.9 Å². The Morgan fingerprint density at radius 2 is 1.89 bits per heavy atom. The van der Waals surface area contributed by atoms with Gasteiger partial charge in [-0.1, -0.05) is 29.8 Å². The lowest BCUT2D eigenvalue weighted by atomic mass is 10.2. The number of pyridine rings is 1. The summed E-state index contributed by atoms with van der Waals surface area (Å²) in [5.74, 6) is 0.00906. The highest BCUT2D eigenvalue weighted by molar-refractivity contribution is 6.30. The summed E-state index contributed by atoms with van der Waals surface area (Å²) in [7, 11) is 0. The van der Waals surface area contributed by atoms with Crippen LogP contribution in [0.25, 0.3) is 0 Å². The summed E-state index contributed by atoms with van der Waals surface area (Å²) in [6.07, 6.45) is 3.57. The van der Waals surface area contributed by atoms with Crippen LogP contribution in [0.4, 0.5) is 10.1 Å². The van der Waals surface area contributed by atoms with Gasteiger partial charge in [-0.15, -0.1) is 0 Å². The number of carbonyl (C=O) groups is 1. The number of nitrogens with one attached hydrogen (secondary N) is 2. The molecule has 4 aromatic rings. The van der Waals surface area contributed by atoms with E-state index in [1.807, 2.05) is 12.1 Å².